The van der Waals surface area contributed by atoms with Gasteiger partial charge in [0.25, 0.3) is 10.0 Å². The molecule has 40 heavy (non-hydrogen) atoms. The largest absolute Gasteiger partial charge is 0.497 e. The van der Waals surface area contributed by atoms with Crippen LogP contribution >= 0.6 is 0 Å². The molecule has 0 heterocycles. The average molecular weight is 566 g/mol. The molecule has 1 atom stereocenters. The van der Waals surface area contributed by atoms with Crippen LogP contribution in [0, 0.1) is 13.8 Å². The third-order valence-electron chi connectivity index (χ3n) is 6.50. The maximum atomic E-state index is 14.0. The fourth-order valence-corrected chi connectivity index (χ4v) is 5.57. The number of amides is 2. The van der Waals surface area contributed by atoms with Crippen molar-refractivity contribution in [3.05, 3.63) is 89.5 Å². The lowest BCUT2D eigenvalue weighted by molar-refractivity contribution is -0.140. The number of sulfonamides is 1. The van der Waals surface area contributed by atoms with Crippen molar-refractivity contribution in [3.8, 4) is 5.75 Å². The highest BCUT2D eigenvalue weighted by Crippen LogP contribution is 2.28. The summed E-state index contributed by atoms with van der Waals surface area (Å²) < 4.78 is 34.3. The van der Waals surface area contributed by atoms with Gasteiger partial charge < -0.3 is 15.0 Å². The fourth-order valence-electron chi connectivity index (χ4n) is 4.16. The number of rotatable bonds is 10. The molecule has 214 valence electrons. The minimum atomic E-state index is -4.15. The Morgan fingerprint density at radius 2 is 1.60 bits per heavy atom. The van der Waals surface area contributed by atoms with Gasteiger partial charge in [0.05, 0.1) is 17.7 Å². The first-order valence-corrected chi connectivity index (χ1v) is 14.6. The summed E-state index contributed by atoms with van der Waals surface area (Å²) in [5, 5.41) is 2.93. The zero-order valence-electron chi connectivity index (χ0n) is 24.3. The van der Waals surface area contributed by atoms with Crippen LogP contribution in [0.25, 0.3) is 0 Å². The van der Waals surface area contributed by atoms with Crippen molar-refractivity contribution in [2.24, 2.45) is 0 Å². The van der Waals surface area contributed by atoms with E-state index < -0.39 is 34.1 Å². The fraction of sp³-hybridized carbons (Fsp3) is 0.355. The van der Waals surface area contributed by atoms with Gasteiger partial charge in [-0.05, 0) is 76.9 Å². The number of carbonyl (C=O) groups is 2. The minimum Gasteiger partial charge on any atom is -0.497 e. The third-order valence-corrected chi connectivity index (χ3v) is 8.28. The van der Waals surface area contributed by atoms with Crippen molar-refractivity contribution in [2.75, 3.05) is 18.0 Å². The van der Waals surface area contributed by atoms with Gasteiger partial charge in [-0.1, -0.05) is 48.0 Å². The molecule has 3 aromatic rings. The second-order valence-electron chi connectivity index (χ2n) is 10.9. The van der Waals surface area contributed by atoms with E-state index in [0.29, 0.717) is 5.75 Å². The zero-order chi connectivity index (χ0) is 29.7. The molecule has 0 aliphatic rings. The number of methoxy groups -OCH3 is 1. The zero-order valence-corrected chi connectivity index (χ0v) is 25.1. The number of nitrogens with one attached hydrogen (secondary N) is 1. The summed E-state index contributed by atoms with van der Waals surface area (Å²) in [6.45, 7) is 10.7. The number of benzene rings is 3. The van der Waals surface area contributed by atoms with Crippen LogP contribution in [0.1, 0.15) is 44.4 Å². The van der Waals surface area contributed by atoms with Crippen molar-refractivity contribution in [2.45, 2.75) is 64.6 Å². The van der Waals surface area contributed by atoms with E-state index in [2.05, 4.69) is 5.32 Å². The smallest absolute Gasteiger partial charge is 0.264 e. The first-order chi connectivity index (χ1) is 18.7. The number of hydrogen-bond acceptors (Lipinski definition) is 5. The molecule has 3 rings (SSSR count). The molecule has 0 fully saturated rings. The Morgan fingerprint density at radius 1 is 0.950 bits per heavy atom. The summed E-state index contributed by atoms with van der Waals surface area (Å²) in [4.78, 5) is 28.8. The highest BCUT2D eigenvalue weighted by atomic mass is 32.2. The van der Waals surface area contributed by atoms with Gasteiger partial charge in [0.1, 0.15) is 18.3 Å². The molecule has 8 nitrogen and oxygen atoms in total. The highest BCUT2D eigenvalue weighted by molar-refractivity contribution is 7.92. The molecule has 0 aliphatic carbocycles. The SMILES string of the molecule is COc1cccc(N(CC(=O)N(Cc2ccccc2C)C(C)C(=O)NC(C)(C)C)S(=O)(=O)c2ccc(C)cc2)c1. The van der Waals surface area contributed by atoms with Crippen LogP contribution in [0.5, 0.6) is 5.75 Å². The number of nitrogens with zero attached hydrogens (tertiary/aromatic N) is 2. The van der Waals surface area contributed by atoms with Gasteiger partial charge in [-0.2, -0.15) is 0 Å². The number of hydrogen-bond donors (Lipinski definition) is 1. The molecule has 0 radical (unpaired) electrons. The van der Waals surface area contributed by atoms with Crippen LogP contribution in [0.2, 0.25) is 0 Å². The normalized spacial score (nSPS) is 12.4. The van der Waals surface area contributed by atoms with Crippen LogP contribution < -0.4 is 14.4 Å². The van der Waals surface area contributed by atoms with Gasteiger partial charge in [0.15, 0.2) is 0 Å². The summed E-state index contributed by atoms with van der Waals surface area (Å²) >= 11 is 0. The average Bonchev–Trinajstić information content (AvgIpc) is 2.90. The van der Waals surface area contributed by atoms with E-state index in [-0.39, 0.29) is 23.0 Å². The van der Waals surface area contributed by atoms with Crippen molar-refractivity contribution in [3.63, 3.8) is 0 Å². The summed E-state index contributed by atoms with van der Waals surface area (Å²) in [6.07, 6.45) is 0. The Labute approximate surface area is 238 Å². The monoisotopic (exact) mass is 565 g/mol. The molecule has 9 heteroatoms. The summed E-state index contributed by atoms with van der Waals surface area (Å²) in [5.74, 6) is -0.397. The second kappa shape index (κ2) is 12.6. The van der Waals surface area contributed by atoms with Crippen LogP contribution in [0.4, 0.5) is 5.69 Å². The van der Waals surface area contributed by atoms with Crippen LogP contribution in [-0.2, 0) is 26.2 Å². The van der Waals surface area contributed by atoms with Crippen molar-refractivity contribution >= 4 is 27.5 Å². The van der Waals surface area contributed by atoms with Crippen molar-refractivity contribution < 1.29 is 22.7 Å². The predicted octanol–water partition coefficient (Wildman–Crippen LogP) is 4.84. The molecule has 0 aliphatic heterocycles. The van der Waals surface area contributed by atoms with Crippen LogP contribution in [0.3, 0.4) is 0 Å². The first kappa shape index (κ1) is 30.7. The summed E-state index contributed by atoms with van der Waals surface area (Å²) in [6, 6.07) is 19.8. The van der Waals surface area contributed by atoms with E-state index in [9.17, 15) is 18.0 Å². The molecule has 0 saturated heterocycles. The Bertz CT molecular complexity index is 1450. The van der Waals surface area contributed by atoms with E-state index in [4.69, 9.17) is 4.74 Å². The lowest BCUT2D eigenvalue weighted by Gasteiger charge is -2.33. The lowest BCUT2D eigenvalue weighted by atomic mass is 10.1. The van der Waals surface area contributed by atoms with E-state index in [1.165, 1.54) is 24.1 Å². The van der Waals surface area contributed by atoms with E-state index in [1.54, 1.807) is 43.3 Å². The van der Waals surface area contributed by atoms with E-state index >= 15 is 0 Å². The maximum absolute atomic E-state index is 14.0. The van der Waals surface area contributed by atoms with Gasteiger partial charge in [-0.15, -0.1) is 0 Å². The Kier molecular flexibility index (Phi) is 9.63. The van der Waals surface area contributed by atoms with Crippen LogP contribution in [0.15, 0.2) is 77.7 Å². The van der Waals surface area contributed by atoms with Gasteiger partial charge in [-0.3, -0.25) is 13.9 Å². The molecular formula is C31H39N3O5S. The number of ether oxygens (including phenoxy) is 1. The molecular weight excluding hydrogens is 526 g/mol. The first-order valence-electron chi connectivity index (χ1n) is 13.1. The number of carbonyl (C=O) groups excluding carboxylic acids is 2. The summed E-state index contributed by atoms with van der Waals surface area (Å²) in [5.41, 5.74) is 2.49. The molecule has 0 saturated carbocycles. The number of aryl methyl sites for hydroxylation is 2. The Morgan fingerprint density at radius 3 is 2.20 bits per heavy atom. The van der Waals surface area contributed by atoms with Gasteiger partial charge in [-0.25, -0.2) is 8.42 Å². The molecule has 3 aromatic carbocycles. The summed E-state index contributed by atoms with van der Waals surface area (Å²) in [7, 11) is -2.66. The highest BCUT2D eigenvalue weighted by Gasteiger charge is 2.33. The molecule has 1 unspecified atom stereocenters. The topological polar surface area (TPSA) is 96.0 Å². The Balaban J connectivity index is 2.07. The lowest BCUT2D eigenvalue weighted by Crippen LogP contribution is -2.54. The van der Waals surface area contributed by atoms with Gasteiger partial charge in [0.2, 0.25) is 11.8 Å². The molecule has 0 bridgehead atoms. The molecule has 1 N–H and O–H groups in total. The van der Waals surface area contributed by atoms with Crippen molar-refractivity contribution in [1.29, 1.82) is 0 Å². The minimum absolute atomic E-state index is 0.0534. The number of anilines is 1. The third kappa shape index (κ3) is 7.63. The molecule has 2 amide bonds. The second-order valence-corrected chi connectivity index (χ2v) is 12.8. The van der Waals surface area contributed by atoms with Gasteiger partial charge >= 0.3 is 0 Å². The molecule has 0 aromatic heterocycles. The van der Waals surface area contributed by atoms with Crippen molar-refractivity contribution in [1.82, 2.24) is 10.2 Å². The predicted molar refractivity (Wildman–Crippen MR) is 158 cm³/mol. The van der Waals surface area contributed by atoms with Gasteiger partial charge in [0, 0.05) is 18.2 Å². The van der Waals surface area contributed by atoms with E-state index in [0.717, 1.165) is 21.0 Å². The quantitative estimate of drug-likeness (QED) is 0.380. The molecule has 0 spiro atoms. The standard InChI is InChI=1S/C31H39N3O5S/c1-22-15-17-28(18-16-22)40(37,38)34(26-13-10-14-27(19-26)39-7)21-29(35)33(20-25-12-9-8-11-23(25)2)24(3)30(36)32-31(4,5)6/h8-19,24H,20-21H2,1-7H3,(H,32,36). The van der Waals surface area contributed by atoms with Crippen LogP contribution in [-0.4, -0.2) is 50.4 Å². The van der Waals surface area contributed by atoms with E-state index in [1.807, 2.05) is 58.9 Å². The Hall–Kier alpha value is -3.85. The maximum Gasteiger partial charge on any atom is 0.264 e.